The largest absolute Gasteiger partial charge is 0.159 e. The Morgan fingerprint density at radius 1 is 0.464 bits per heavy atom. The molecular formula is C26H20N2. The summed E-state index contributed by atoms with van der Waals surface area (Å²) in [5.74, 6) is 0. The van der Waals surface area contributed by atoms with E-state index in [0.29, 0.717) is 0 Å². The highest BCUT2D eigenvalue weighted by Gasteiger charge is 2.08. The minimum Gasteiger partial charge on any atom is -0.159 e. The Kier molecular flexibility index (Phi) is 5.50. The molecule has 28 heavy (non-hydrogen) atoms. The lowest BCUT2D eigenvalue weighted by molar-refractivity contribution is 1.23. The van der Waals surface area contributed by atoms with Crippen molar-refractivity contribution in [3.63, 3.8) is 0 Å². The fourth-order valence-corrected chi connectivity index (χ4v) is 3.15. The maximum atomic E-state index is 4.18. The Hall–Kier alpha value is -3.78. The fourth-order valence-electron chi connectivity index (χ4n) is 3.15. The van der Waals surface area contributed by atoms with Crippen molar-refractivity contribution in [3.8, 4) is 22.3 Å². The van der Waals surface area contributed by atoms with E-state index in [-0.39, 0.29) is 0 Å². The topological polar surface area (TPSA) is 24.7 Å². The van der Waals surface area contributed by atoms with Crippen molar-refractivity contribution >= 4 is 11.8 Å². The first-order valence-electron chi connectivity index (χ1n) is 9.28. The monoisotopic (exact) mass is 360 g/mol. The predicted octanol–water partition coefficient (Wildman–Crippen LogP) is 7.78. The summed E-state index contributed by atoms with van der Waals surface area (Å²) in [6.07, 6.45) is 3.71. The third-order valence-electron chi connectivity index (χ3n) is 4.52. The lowest BCUT2D eigenvalue weighted by Crippen LogP contribution is -1.84. The van der Waals surface area contributed by atoms with Crippen molar-refractivity contribution in [2.45, 2.75) is 0 Å². The molecule has 0 fully saturated rings. The van der Waals surface area contributed by atoms with Crippen LogP contribution < -0.4 is 0 Å². The molecule has 2 nitrogen and oxygen atoms in total. The first kappa shape index (κ1) is 17.6. The molecule has 1 heterocycles. The summed E-state index contributed by atoms with van der Waals surface area (Å²) in [4.78, 5) is 0. The molecule has 0 aromatic heterocycles. The molecular weight excluding hydrogens is 340 g/mol. The number of hydrogen-bond acceptors (Lipinski definition) is 2. The van der Waals surface area contributed by atoms with Gasteiger partial charge in [-0.1, -0.05) is 103 Å². The second-order valence-electron chi connectivity index (χ2n) is 6.37. The van der Waals surface area contributed by atoms with Crippen molar-refractivity contribution in [2.75, 3.05) is 0 Å². The normalized spacial score (nSPS) is 11.3. The zero-order valence-electron chi connectivity index (χ0n) is 15.4. The van der Waals surface area contributed by atoms with Gasteiger partial charge in [0.2, 0.25) is 0 Å². The number of rotatable bonds is 1. The van der Waals surface area contributed by atoms with E-state index in [1.54, 1.807) is 6.20 Å². The van der Waals surface area contributed by atoms with Crippen LogP contribution in [0.4, 0.5) is 5.69 Å². The number of benzene rings is 4. The van der Waals surface area contributed by atoms with Crippen LogP contribution in [-0.4, -0.2) is 0 Å². The van der Waals surface area contributed by atoms with Gasteiger partial charge in [0.05, 0.1) is 11.9 Å². The van der Waals surface area contributed by atoms with Crippen LogP contribution >= 0.6 is 0 Å². The Bertz CT molecular complexity index is 1010. The lowest BCUT2D eigenvalue weighted by Gasteiger charge is -2.09. The summed E-state index contributed by atoms with van der Waals surface area (Å²) in [6.45, 7) is 0. The van der Waals surface area contributed by atoms with Crippen molar-refractivity contribution in [1.29, 1.82) is 0 Å². The SMILES string of the molecule is C1=Cc2ccccc2-c2ccccc2N=N1.c1ccc(-c2ccccc2)cc1. The van der Waals surface area contributed by atoms with Crippen LogP contribution in [0.2, 0.25) is 0 Å². The number of fused-ring (bicyclic) bond motifs is 3. The number of nitrogens with zero attached hydrogens (tertiary/aromatic N) is 2. The molecule has 0 amide bonds. The molecule has 4 aromatic rings. The maximum Gasteiger partial charge on any atom is 0.0935 e. The van der Waals surface area contributed by atoms with Crippen molar-refractivity contribution < 1.29 is 0 Å². The predicted molar refractivity (Wildman–Crippen MR) is 117 cm³/mol. The average Bonchev–Trinajstić information content (AvgIpc) is 2.77. The number of hydrogen-bond donors (Lipinski definition) is 0. The molecule has 0 radical (unpaired) electrons. The smallest absolute Gasteiger partial charge is 0.0935 e. The quantitative estimate of drug-likeness (QED) is 0.331. The molecule has 0 atom stereocenters. The highest BCUT2D eigenvalue weighted by molar-refractivity contribution is 5.82. The molecule has 5 rings (SSSR count). The third kappa shape index (κ3) is 4.13. The van der Waals surface area contributed by atoms with E-state index in [4.69, 9.17) is 0 Å². The summed E-state index contributed by atoms with van der Waals surface area (Å²) in [6, 6.07) is 37.1. The standard InChI is InChI=1S/C14H10N2.C12H10/c1-2-6-12-11(5-1)9-10-15-16-14-8-4-3-7-13(12)14;1-3-7-11(8-4-1)12-9-5-2-6-10-12/h1-10H;1-10H. The Morgan fingerprint density at radius 2 is 1.00 bits per heavy atom. The van der Waals surface area contributed by atoms with Crippen molar-refractivity contribution in [3.05, 3.63) is 121 Å². The summed E-state index contributed by atoms with van der Waals surface area (Å²) in [5, 5.41) is 8.20. The van der Waals surface area contributed by atoms with E-state index in [9.17, 15) is 0 Å². The molecule has 0 spiro atoms. The summed E-state index contributed by atoms with van der Waals surface area (Å²) >= 11 is 0. The zero-order valence-corrected chi connectivity index (χ0v) is 15.4. The van der Waals surface area contributed by atoms with Crippen LogP contribution in [0.3, 0.4) is 0 Å². The van der Waals surface area contributed by atoms with Gasteiger partial charge in [0, 0.05) is 5.56 Å². The second kappa shape index (κ2) is 8.74. The van der Waals surface area contributed by atoms with Crippen molar-refractivity contribution in [2.24, 2.45) is 10.2 Å². The summed E-state index contributed by atoms with van der Waals surface area (Å²) in [7, 11) is 0. The summed E-state index contributed by atoms with van der Waals surface area (Å²) < 4.78 is 0. The van der Waals surface area contributed by atoms with E-state index in [0.717, 1.165) is 11.3 Å². The van der Waals surface area contributed by atoms with E-state index in [2.05, 4.69) is 77.0 Å². The van der Waals surface area contributed by atoms with Crippen LogP contribution in [0.25, 0.3) is 28.3 Å². The van der Waals surface area contributed by atoms with Gasteiger partial charge in [-0.25, -0.2) is 0 Å². The van der Waals surface area contributed by atoms with Gasteiger partial charge < -0.3 is 0 Å². The molecule has 0 saturated carbocycles. The third-order valence-corrected chi connectivity index (χ3v) is 4.52. The Labute approximate surface area is 165 Å². The number of azo groups is 1. The fraction of sp³-hybridized carbons (Fsp3) is 0. The molecule has 2 heteroatoms. The summed E-state index contributed by atoms with van der Waals surface area (Å²) in [5.41, 5.74) is 6.98. The lowest BCUT2D eigenvalue weighted by atomic mass is 9.98. The second-order valence-corrected chi connectivity index (χ2v) is 6.37. The Balaban J connectivity index is 0.000000143. The first-order chi connectivity index (χ1) is 13.9. The first-order valence-corrected chi connectivity index (χ1v) is 9.28. The molecule has 1 aliphatic heterocycles. The molecule has 0 aliphatic carbocycles. The van der Waals surface area contributed by atoms with E-state index in [1.165, 1.54) is 22.3 Å². The minimum atomic E-state index is 0.916. The van der Waals surface area contributed by atoms with E-state index >= 15 is 0 Å². The van der Waals surface area contributed by atoms with Gasteiger partial charge in [-0.3, -0.25) is 0 Å². The average molecular weight is 360 g/mol. The van der Waals surface area contributed by atoms with Gasteiger partial charge in [0.1, 0.15) is 0 Å². The van der Waals surface area contributed by atoms with Crippen LogP contribution in [-0.2, 0) is 0 Å². The van der Waals surface area contributed by atoms with Crippen LogP contribution in [0, 0.1) is 0 Å². The van der Waals surface area contributed by atoms with Crippen molar-refractivity contribution in [1.82, 2.24) is 0 Å². The van der Waals surface area contributed by atoms with Gasteiger partial charge >= 0.3 is 0 Å². The molecule has 0 unspecified atom stereocenters. The van der Waals surface area contributed by atoms with Crippen LogP contribution in [0.1, 0.15) is 5.56 Å². The zero-order chi connectivity index (χ0) is 19.0. The highest BCUT2D eigenvalue weighted by Crippen LogP contribution is 2.34. The van der Waals surface area contributed by atoms with E-state index < -0.39 is 0 Å². The molecule has 4 aromatic carbocycles. The van der Waals surface area contributed by atoms with Crippen LogP contribution in [0.15, 0.2) is 126 Å². The maximum absolute atomic E-state index is 4.18. The van der Waals surface area contributed by atoms with Gasteiger partial charge in [-0.05, 0) is 34.4 Å². The highest BCUT2D eigenvalue weighted by atomic mass is 15.1. The Morgan fingerprint density at radius 3 is 1.68 bits per heavy atom. The molecule has 0 N–H and O–H groups in total. The van der Waals surface area contributed by atoms with E-state index in [1.807, 2.05) is 48.5 Å². The minimum absolute atomic E-state index is 0.916. The molecule has 134 valence electrons. The molecule has 0 saturated heterocycles. The molecule has 0 bridgehead atoms. The van der Waals surface area contributed by atoms with Crippen LogP contribution in [0.5, 0.6) is 0 Å². The van der Waals surface area contributed by atoms with Gasteiger partial charge in [0.15, 0.2) is 0 Å². The molecule has 1 aliphatic rings. The van der Waals surface area contributed by atoms with Gasteiger partial charge in [-0.15, -0.1) is 0 Å². The van der Waals surface area contributed by atoms with Gasteiger partial charge in [0.25, 0.3) is 0 Å². The van der Waals surface area contributed by atoms with Gasteiger partial charge in [-0.2, -0.15) is 10.2 Å².